The van der Waals surface area contributed by atoms with Crippen LogP contribution in [0.5, 0.6) is 0 Å². The van der Waals surface area contributed by atoms with E-state index in [1.807, 2.05) is 6.92 Å². The minimum Gasteiger partial charge on any atom is -0.464 e. The van der Waals surface area contributed by atoms with Crippen LogP contribution in [-0.4, -0.2) is 22.4 Å². The Balaban J connectivity index is 2.52. The number of hydrogen-bond acceptors (Lipinski definition) is 3. The molecule has 0 aliphatic carbocycles. The number of ether oxygens (including phenoxy) is 1. The van der Waals surface area contributed by atoms with Gasteiger partial charge in [-0.2, -0.15) is 5.10 Å². The summed E-state index contributed by atoms with van der Waals surface area (Å²) >= 11 is 10.3. The van der Waals surface area contributed by atoms with Gasteiger partial charge in [-0.1, -0.05) is 58.3 Å². The maximum atomic E-state index is 12.3. The number of hydrogen-bond donors (Lipinski definition) is 0. The molecule has 1 aromatic rings. The summed E-state index contributed by atoms with van der Waals surface area (Å²) in [7, 11) is 0. The van der Waals surface area contributed by atoms with Crippen molar-refractivity contribution in [2.75, 3.05) is 6.61 Å². The number of rotatable bonds is 12. The van der Waals surface area contributed by atoms with E-state index in [-0.39, 0.29) is 12.0 Å². The first kappa shape index (κ1) is 22.2. The van der Waals surface area contributed by atoms with E-state index >= 15 is 0 Å². The van der Waals surface area contributed by atoms with Gasteiger partial charge in [0.15, 0.2) is 6.04 Å². The highest BCUT2D eigenvalue weighted by molar-refractivity contribution is 9.14. The van der Waals surface area contributed by atoms with Crippen molar-refractivity contribution in [3.8, 4) is 0 Å². The molecule has 7 heteroatoms. The molecule has 0 amide bonds. The predicted octanol–water partition coefficient (Wildman–Crippen LogP) is 6.81. The standard InChI is InChI=1S/C17H27Br3N2O2/c1-3-5-6-7-8-9-10-11-12-13(17(23)24-4-2)22-16(20)14(18)15(19)21-22/h13H,3-12H2,1-2H3. The smallest absolute Gasteiger partial charge is 0.330 e. The van der Waals surface area contributed by atoms with Gasteiger partial charge in [0.2, 0.25) is 0 Å². The Morgan fingerprint density at radius 1 is 1.04 bits per heavy atom. The Kier molecular flexibility index (Phi) is 11.5. The topological polar surface area (TPSA) is 44.1 Å². The molecule has 0 N–H and O–H groups in total. The van der Waals surface area contributed by atoms with E-state index in [1.165, 1.54) is 38.5 Å². The predicted molar refractivity (Wildman–Crippen MR) is 108 cm³/mol. The minimum absolute atomic E-state index is 0.219. The van der Waals surface area contributed by atoms with Crippen LogP contribution in [0.4, 0.5) is 0 Å². The molecule has 0 aliphatic rings. The van der Waals surface area contributed by atoms with Crippen molar-refractivity contribution in [3.63, 3.8) is 0 Å². The fraction of sp³-hybridized carbons (Fsp3) is 0.765. The van der Waals surface area contributed by atoms with Gasteiger partial charge in [0.05, 0.1) is 11.1 Å². The van der Waals surface area contributed by atoms with Crippen LogP contribution in [0.3, 0.4) is 0 Å². The normalized spacial score (nSPS) is 12.4. The summed E-state index contributed by atoms with van der Waals surface area (Å²) in [5.41, 5.74) is 0. The van der Waals surface area contributed by atoms with E-state index in [1.54, 1.807) is 4.68 Å². The van der Waals surface area contributed by atoms with Crippen LogP contribution in [0.25, 0.3) is 0 Å². The molecule has 1 unspecified atom stereocenters. The van der Waals surface area contributed by atoms with E-state index in [0.717, 1.165) is 28.3 Å². The lowest BCUT2D eigenvalue weighted by Crippen LogP contribution is -2.23. The number of halogens is 3. The monoisotopic (exact) mass is 528 g/mol. The third-order valence-corrected chi connectivity index (χ3v) is 7.07. The zero-order valence-corrected chi connectivity index (χ0v) is 19.3. The van der Waals surface area contributed by atoms with Crippen LogP contribution < -0.4 is 0 Å². The Morgan fingerprint density at radius 2 is 1.62 bits per heavy atom. The molecule has 1 heterocycles. The van der Waals surface area contributed by atoms with Gasteiger partial charge in [-0.25, -0.2) is 9.48 Å². The van der Waals surface area contributed by atoms with Crippen molar-refractivity contribution in [2.24, 2.45) is 0 Å². The molecule has 0 bridgehead atoms. The van der Waals surface area contributed by atoms with Gasteiger partial charge in [-0.15, -0.1) is 0 Å². The number of carbonyl (C=O) groups excluding carboxylic acids is 1. The Hall–Kier alpha value is 0.120. The van der Waals surface area contributed by atoms with E-state index in [9.17, 15) is 4.79 Å². The molecule has 0 aliphatic heterocycles. The molecule has 4 nitrogen and oxygen atoms in total. The van der Waals surface area contributed by atoms with Gasteiger partial charge in [0.1, 0.15) is 9.21 Å². The van der Waals surface area contributed by atoms with Crippen molar-refractivity contribution in [3.05, 3.63) is 13.7 Å². The fourth-order valence-corrected chi connectivity index (χ4v) is 4.02. The van der Waals surface area contributed by atoms with Crippen LogP contribution in [0.15, 0.2) is 13.7 Å². The van der Waals surface area contributed by atoms with E-state index < -0.39 is 0 Å². The number of unbranched alkanes of at least 4 members (excludes halogenated alkanes) is 7. The summed E-state index contributed by atoms with van der Waals surface area (Å²) in [4.78, 5) is 12.3. The average Bonchev–Trinajstić information content (AvgIpc) is 2.81. The van der Waals surface area contributed by atoms with E-state index in [2.05, 4.69) is 59.8 Å². The van der Waals surface area contributed by atoms with E-state index in [0.29, 0.717) is 11.2 Å². The minimum atomic E-state index is -0.387. The summed E-state index contributed by atoms with van der Waals surface area (Å²) in [5.74, 6) is -0.219. The summed E-state index contributed by atoms with van der Waals surface area (Å²) in [6.45, 7) is 4.45. The van der Waals surface area contributed by atoms with Crippen molar-refractivity contribution in [1.82, 2.24) is 9.78 Å². The second kappa shape index (κ2) is 12.5. The molecule has 0 saturated heterocycles. The molecular weight excluding hydrogens is 504 g/mol. The van der Waals surface area contributed by atoms with Gasteiger partial charge >= 0.3 is 5.97 Å². The van der Waals surface area contributed by atoms with Gasteiger partial charge in [0, 0.05) is 0 Å². The number of aromatic nitrogens is 2. The molecule has 0 spiro atoms. The van der Waals surface area contributed by atoms with Crippen LogP contribution in [-0.2, 0) is 9.53 Å². The lowest BCUT2D eigenvalue weighted by atomic mass is 10.0. The van der Waals surface area contributed by atoms with Gasteiger partial charge in [-0.3, -0.25) is 0 Å². The highest BCUT2D eigenvalue weighted by Crippen LogP contribution is 2.34. The Labute approximate surface area is 170 Å². The van der Waals surface area contributed by atoms with Crippen molar-refractivity contribution in [1.29, 1.82) is 0 Å². The number of carbonyl (C=O) groups is 1. The summed E-state index contributed by atoms with van der Waals surface area (Å²) < 4.78 is 9.18. The molecule has 0 fully saturated rings. The van der Waals surface area contributed by atoms with Gasteiger partial charge in [-0.05, 0) is 61.1 Å². The molecule has 24 heavy (non-hydrogen) atoms. The quantitative estimate of drug-likeness (QED) is 0.220. The molecule has 1 aromatic heterocycles. The first-order valence-corrected chi connectivity index (χ1v) is 11.2. The van der Waals surface area contributed by atoms with Crippen molar-refractivity contribution >= 4 is 53.8 Å². The van der Waals surface area contributed by atoms with Crippen molar-refractivity contribution < 1.29 is 9.53 Å². The Morgan fingerprint density at radius 3 is 2.12 bits per heavy atom. The fourth-order valence-electron chi connectivity index (χ4n) is 2.62. The highest BCUT2D eigenvalue weighted by Gasteiger charge is 2.26. The second-order valence-electron chi connectivity index (χ2n) is 5.87. The lowest BCUT2D eigenvalue weighted by Gasteiger charge is -2.17. The van der Waals surface area contributed by atoms with Crippen LogP contribution in [0.2, 0.25) is 0 Å². The largest absolute Gasteiger partial charge is 0.464 e. The zero-order valence-electron chi connectivity index (χ0n) is 14.5. The molecular formula is C17H27Br3N2O2. The molecule has 138 valence electrons. The third kappa shape index (κ3) is 7.16. The maximum Gasteiger partial charge on any atom is 0.330 e. The van der Waals surface area contributed by atoms with E-state index in [4.69, 9.17) is 4.74 Å². The summed E-state index contributed by atoms with van der Waals surface area (Å²) in [6, 6.07) is -0.387. The SMILES string of the molecule is CCCCCCCCCCC(C(=O)OCC)n1nc(Br)c(Br)c1Br. The van der Waals surface area contributed by atoms with Crippen LogP contribution >= 0.6 is 47.8 Å². The number of nitrogens with zero attached hydrogens (tertiary/aromatic N) is 2. The highest BCUT2D eigenvalue weighted by atomic mass is 79.9. The lowest BCUT2D eigenvalue weighted by molar-refractivity contribution is -0.147. The Bertz CT molecular complexity index is 506. The van der Waals surface area contributed by atoms with Gasteiger partial charge in [0.25, 0.3) is 0 Å². The molecule has 0 saturated carbocycles. The summed E-state index contributed by atoms with van der Waals surface area (Å²) in [6.07, 6.45) is 10.7. The van der Waals surface area contributed by atoms with Crippen LogP contribution in [0.1, 0.15) is 77.7 Å². The first-order valence-electron chi connectivity index (χ1n) is 8.78. The average molecular weight is 531 g/mol. The summed E-state index contributed by atoms with van der Waals surface area (Å²) in [5, 5.41) is 4.40. The molecule has 0 aromatic carbocycles. The maximum absolute atomic E-state index is 12.3. The second-order valence-corrected chi connectivity index (χ2v) is 8.17. The molecule has 1 atom stereocenters. The third-order valence-electron chi connectivity index (χ3n) is 3.94. The first-order chi connectivity index (χ1) is 11.5. The number of esters is 1. The van der Waals surface area contributed by atoms with Crippen LogP contribution in [0, 0.1) is 0 Å². The zero-order chi connectivity index (χ0) is 17.9. The van der Waals surface area contributed by atoms with Crippen molar-refractivity contribution in [2.45, 2.75) is 77.7 Å². The van der Waals surface area contributed by atoms with Gasteiger partial charge < -0.3 is 4.74 Å². The molecule has 0 radical (unpaired) electrons. The molecule has 1 rings (SSSR count).